The van der Waals surface area contributed by atoms with Crippen molar-refractivity contribution in [3.63, 3.8) is 0 Å². The van der Waals surface area contributed by atoms with Crippen LogP contribution >= 0.6 is 7.82 Å². The maximum Gasteiger partial charge on any atom is 0.472 e. The predicted octanol–water partition coefficient (Wildman–Crippen LogP) is 6.17. The van der Waals surface area contributed by atoms with E-state index >= 15 is 0 Å². The number of nitrogens with zero attached hydrogens (tertiary/aromatic N) is 1. The third-order valence-electron chi connectivity index (χ3n) is 5.89. The normalized spacial score (nSPS) is 14.2. The van der Waals surface area contributed by atoms with E-state index in [4.69, 9.17) is 18.5 Å². The Balaban J connectivity index is 4.30. The Bertz CT molecular complexity index is 638. The summed E-state index contributed by atoms with van der Waals surface area (Å²) in [7, 11) is 1.47. The lowest BCUT2D eigenvalue weighted by atomic mass is 10.1. The van der Waals surface area contributed by atoms with Crippen molar-refractivity contribution in [1.29, 1.82) is 0 Å². The number of carbonyl (C=O) groups excluding carboxylic acids is 2. The minimum absolute atomic E-state index is 0.0339. The Kier molecular flexibility index (Phi) is 21.3. The SMILES string of the molecule is CCCCCCCCCCCCCC(=O)OC[C@H](COP(=O)(O)OCC[N+](C)(C)C)OC(=O)CCCC. The summed E-state index contributed by atoms with van der Waals surface area (Å²) in [5.41, 5.74) is 0. The van der Waals surface area contributed by atoms with Crippen molar-refractivity contribution < 1.29 is 42.1 Å². The molecule has 0 amide bonds. The highest BCUT2D eigenvalue weighted by molar-refractivity contribution is 7.47. The summed E-state index contributed by atoms with van der Waals surface area (Å²) < 4.78 is 33.4. The molecule has 0 saturated carbocycles. The van der Waals surface area contributed by atoms with Gasteiger partial charge in [0.05, 0.1) is 27.7 Å². The Morgan fingerprint density at radius 2 is 1.24 bits per heavy atom. The molecule has 0 aliphatic carbocycles. The number of phosphoric acid groups is 1. The van der Waals surface area contributed by atoms with E-state index in [1.165, 1.54) is 51.4 Å². The second-order valence-electron chi connectivity index (χ2n) is 10.8. The molecule has 220 valence electrons. The molecule has 9 nitrogen and oxygen atoms in total. The molecule has 2 atom stereocenters. The molecule has 1 N–H and O–H groups in total. The van der Waals surface area contributed by atoms with E-state index in [2.05, 4.69) is 6.92 Å². The van der Waals surface area contributed by atoms with Crippen LogP contribution in [0.15, 0.2) is 0 Å². The molecule has 0 spiro atoms. The van der Waals surface area contributed by atoms with E-state index < -0.39 is 26.5 Å². The van der Waals surface area contributed by atoms with Crippen LogP contribution in [0.5, 0.6) is 0 Å². The molecule has 0 aromatic carbocycles. The maximum absolute atomic E-state index is 12.2. The topological polar surface area (TPSA) is 108 Å². The first kappa shape index (κ1) is 36.0. The zero-order valence-electron chi connectivity index (χ0n) is 24.2. The third-order valence-corrected chi connectivity index (χ3v) is 6.87. The van der Waals surface area contributed by atoms with E-state index in [1.54, 1.807) is 0 Å². The fourth-order valence-corrected chi connectivity index (χ4v) is 4.26. The highest BCUT2D eigenvalue weighted by atomic mass is 31.2. The van der Waals surface area contributed by atoms with Gasteiger partial charge in [0.25, 0.3) is 0 Å². The summed E-state index contributed by atoms with van der Waals surface area (Å²) in [6, 6.07) is 0. The van der Waals surface area contributed by atoms with Gasteiger partial charge in [0, 0.05) is 12.8 Å². The molecule has 1 unspecified atom stereocenters. The lowest BCUT2D eigenvalue weighted by molar-refractivity contribution is -0.870. The number of likely N-dealkylation sites (N-methyl/N-ethyl adjacent to an activating group) is 1. The molecule has 37 heavy (non-hydrogen) atoms. The number of hydrogen-bond acceptors (Lipinski definition) is 7. The van der Waals surface area contributed by atoms with Crippen LogP contribution in [0.1, 0.15) is 110 Å². The van der Waals surface area contributed by atoms with E-state index in [0.29, 0.717) is 23.9 Å². The summed E-state index contributed by atoms with van der Waals surface area (Å²) in [5.74, 6) is -0.840. The van der Waals surface area contributed by atoms with E-state index in [1.807, 2.05) is 28.1 Å². The van der Waals surface area contributed by atoms with Gasteiger partial charge in [0.2, 0.25) is 0 Å². The van der Waals surface area contributed by atoms with Gasteiger partial charge < -0.3 is 18.9 Å². The van der Waals surface area contributed by atoms with Gasteiger partial charge in [-0.1, -0.05) is 84.5 Å². The number of carbonyl (C=O) groups is 2. The van der Waals surface area contributed by atoms with Crippen molar-refractivity contribution in [1.82, 2.24) is 0 Å². The summed E-state index contributed by atoms with van der Waals surface area (Å²) in [6.07, 6.45) is 14.2. The summed E-state index contributed by atoms with van der Waals surface area (Å²) in [4.78, 5) is 34.2. The molecule has 0 bridgehead atoms. The van der Waals surface area contributed by atoms with E-state index in [0.717, 1.165) is 25.7 Å². The predicted molar refractivity (Wildman–Crippen MR) is 146 cm³/mol. The highest BCUT2D eigenvalue weighted by Gasteiger charge is 2.26. The van der Waals surface area contributed by atoms with Gasteiger partial charge in [-0.25, -0.2) is 4.57 Å². The smallest absolute Gasteiger partial charge is 0.462 e. The molecular weight excluding hydrogens is 497 g/mol. The van der Waals surface area contributed by atoms with E-state index in [-0.39, 0.29) is 25.6 Å². The number of phosphoric ester groups is 1. The summed E-state index contributed by atoms with van der Waals surface area (Å²) in [6.45, 7) is 4.11. The van der Waals surface area contributed by atoms with Crippen LogP contribution in [0.3, 0.4) is 0 Å². The van der Waals surface area contributed by atoms with Crippen LogP contribution < -0.4 is 0 Å². The molecule has 10 heteroatoms. The maximum atomic E-state index is 12.2. The quantitative estimate of drug-likeness (QED) is 0.0620. The minimum Gasteiger partial charge on any atom is -0.462 e. The second-order valence-corrected chi connectivity index (χ2v) is 12.2. The van der Waals surface area contributed by atoms with Gasteiger partial charge in [-0.3, -0.25) is 18.6 Å². The second kappa shape index (κ2) is 21.9. The molecule has 0 fully saturated rings. The first-order valence-corrected chi connectivity index (χ1v) is 15.8. The van der Waals surface area contributed by atoms with E-state index in [9.17, 15) is 19.0 Å². The van der Waals surface area contributed by atoms with Crippen LogP contribution in [0.2, 0.25) is 0 Å². The number of esters is 2. The monoisotopic (exact) mass is 552 g/mol. The first-order chi connectivity index (χ1) is 17.5. The summed E-state index contributed by atoms with van der Waals surface area (Å²) in [5, 5.41) is 0. The number of hydrogen-bond donors (Lipinski definition) is 1. The molecule has 0 aliphatic rings. The molecule has 0 saturated heterocycles. The van der Waals surface area contributed by atoms with Gasteiger partial charge in [0.1, 0.15) is 19.8 Å². The zero-order chi connectivity index (χ0) is 28.0. The Morgan fingerprint density at radius 3 is 1.78 bits per heavy atom. The molecule has 0 rings (SSSR count). The zero-order valence-corrected chi connectivity index (χ0v) is 25.1. The van der Waals surface area contributed by atoms with Gasteiger partial charge in [0.15, 0.2) is 6.10 Å². The largest absolute Gasteiger partial charge is 0.472 e. The molecule has 0 heterocycles. The van der Waals surface area contributed by atoms with Crippen molar-refractivity contribution in [2.75, 3.05) is 47.5 Å². The third kappa shape index (κ3) is 25.1. The highest BCUT2D eigenvalue weighted by Crippen LogP contribution is 2.43. The number of rotatable bonds is 25. The molecule has 0 radical (unpaired) electrons. The lowest BCUT2D eigenvalue weighted by Crippen LogP contribution is -2.37. The van der Waals surface area contributed by atoms with Crippen LogP contribution in [-0.4, -0.2) is 74.9 Å². The van der Waals surface area contributed by atoms with Gasteiger partial charge >= 0.3 is 19.8 Å². The average Bonchev–Trinajstić information content (AvgIpc) is 2.82. The Morgan fingerprint density at radius 1 is 0.730 bits per heavy atom. The van der Waals surface area contributed by atoms with Crippen molar-refractivity contribution in [3.05, 3.63) is 0 Å². The molecule has 0 aromatic rings. The van der Waals surface area contributed by atoms with Gasteiger partial charge in [-0.2, -0.15) is 0 Å². The van der Waals surface area contributed by atoms with Crippen LogP contribution in [0.25, 0.3) is 0 Å². The van der Waals surface area contributed by atoms with Crippen molar-refractivity contribution in [3.8, 4) is 0 Å². The number of unbranched alkanes of at least 4 members (excludes halogenated alkanes) is 11. The first-order valence-electron chi connectivity index (χ1n) is 14.3. The van der Waals surface area contributed by atoms with Crippen molar-refractivity contribution in [2.24, 2.45) is 0 Å². The molecular formula is C27H55NO8P+. The lowest BCUT2D eigenvalue weighted by Gasteiger charge is -2.24. The number of ether oxygens (including phenoxy) is 2. The van der Waals surface area contributed by atoms with Gasteiger partial charge in [-0.15, -0.1) is 0 Å². The Labute approximate surface area is 225 Å². The van der Waals surface area contributed by atoms with Gasteiger partial charge in [-0.05, 0) is 12.8 Å². The van der Waals surface area contributed by atoms with Crippen LogP contribution in [0, 0.1) is 0 Å². The summed E-state index contributed by atoms with van der Waals surface area (Å²) >= 11 is 0. The Hall–Kier alpha value is -0.990. The fourth-order valence-electron chi connectivity index (χ4n) is 3.52. The van der Waals surface area contributed by atoms with Crippen LogP contribution in [0.4, 0.5) is 0 Å². The van der Waals surface area contributed by atoms with Crippen molar-refractivity contribution >= 4 is 19.8 Å². The molecule has 0 aromatic heterocycles. The van der Waals surface area contributed by atoms with Crippen LogP contribution in [-0.2, 0) is 32.7 Å². The van der Waals surface area contributed by atoms with Crippen molar-refractivity contribution in [2.45, 2.75) is 116 Å². The average molecular weight is 553 g/mol. The standard InChI is InChI=1S/C27H54NO8P/c1-6-8-10-11-12-13-14-15-16-17-18-20-26(29)33-23-25(36-27(30)19-9-7-2)24-35-37(31,32)34-22-21-28(3,4)5/h25H,6-24H2,1-5H3/p+1/t25-/m1/s1. The fraction of sp³-hybridized carbons (Fsp3) is 0.926. The number of quaternary nitrogens is 1. The minimum atomic E-state index is -4.33. The molecule has 0 aliphatic heterocycles.